The summed E-state index contributed by atoms with van der Waals surface area (Å²) in [6.45, 7) is 0.210. The van der Waals surface area contributed by atoms with Gasteiger partial charge in [0.2, 0.25) is 11.8 Å². The van der Waals surface area contributed by atoms with Crippen molar-refractivity contribution < 1.29 is 41.1 Å². The van der Waals surface area contributed by atoms with Crippen molar-refractivity contribution in [2.75, 3.05) is 37.7 Å². The molecule has 4 rings (SSSR count). The molecule has 3 aromatic carbocycles. The van der Waals surface area contributed by atoms with Gasteiger partial charge in [-0.3, -0.25) is 14.9 Å². The first-order chi connectivity index (χ1) is 20.3. The van der Waals surface area contributed by atoms with E-state index >= 15 is 0 Å². The van der Waals surface area contributed by atoms with E-state index in [-0.39, 0.29) is 45.3 Å². The first-order valence-corrected chi connectivity index (χ1v) is 14.9. The smallest absolute Gasteiger partial charge is 0.411 e. The molecule has 0 spiro atoms. The Bertz CT molecular complexity index is 1680. The number of hydrogen-bond acceptors (Lipinski definition) is 8. The third kappa shape index (κ3) is 6.85. The van der Waals surface area contributed by atoms with Gasteiger partial charge in [-0.1, -0.05) is 6.07 Å². The molecule has 0 aromatic heterocycles. The molecule has 0 aliphatic carbocycles. The molecule has 0 saturated carbocycles. The average molecular weight is 617 g/mol. The Morgan fingerprint density at radius 2 is 1.74 bits per heavy atom. The van der Waals surface area contributed by atoms with Gasteiger partial charge in [0.25, 0.3) is 0 Å². The highest BCUT2D eigenvalue weighted by Gasteiger charge is 2.37. The standard InChI is InChI=1S/C29H30F2N4O7S/c1-41-24-14-16(6-10-21(24)31)26(34-22-13-17(27(32)36)7-9-20(22)30)28(37)35-12-4-5-23(35)19-15-18(33-29(38)42-2)8-11-25(19)43(3,39)40/h6-11,13-15,23,26,34H,4-5,12H2,1-3H3,(H2,32,36)(H,33,38)/t23-,26-/m1/s1. The molecule has 0 radical (unpaired) electrons. The van der Waals surface area contributed by atoms with Gasteiger partial charge in [0.05, 0.1) is 30.8 Å². The van der Waals surface area contributed by atoms with Crippen LogP contribution in [-0.4, -0.2) is 58.2 Å². The summed E-state index contributed by atoms with van der Waals surface area (Å²) in [6.07, 6.45) is 1.14. The molecule has 14 heteroatoms. The molecule has 11 nitrogen and oxygen atoms in total. The average Bonchev–Trinajstić information content (AvgIpc) is 3.46. The zero-order valence-corrected chi connectivity index (χ0v) is 24.3. The molecule has 1 aliphatic heterocycles. The molecule has 3 amide bonds. The van der Waals surface area contributed by atoms with Crippen LogP contribution in [0.3, 0.4) is 0 Å². The SMILES string of the molecule is COC(=O)Nc1ccc(S(C)(=O)=O)c([C@H]2CCCN2C(=O)[C@H](Nc2cc(C(N)=O)ccc2F)c2ccc(F)c(OC)c2)c1. The third-order valence-electron chi connectivity index (χ3n) is 7.04. The topological polar surface area (TPSA) is 157 Å². The van der Waals surface area contributed by atoms with Crippen molar-refractivity contribution in [1.82, 2.24) is 4.90 Å². The highest BCUT2D eigenvalue weighted by molar-refractivity contribution is 7.90. The number of anilines is 2. The molecule has 4 N–H and O–H groups in total. The monoisotopic (exact) mass is 616 g/mol. The molecule has 1 saturated heterocycles. The van der Waals surface area contributed by atoms with E-state index in [4.69, 9.17) is 10.5 Å². The number of primary amides is 1. The van der Waals surface area contributed by atoms with Crippen molar-refractivity contribution in [1.29, 1.82) is 0 Å². The summed E-state index contributed by atoms with van der Waals surface area (Å²) in [5, 5.41) is 5.32. The fraction of sp³-hybridized carbons (Fsp3) is 0.276. The van der Waals surface area contributed by atoms with Crippen LogP contribution >= 0.6 is 0 Å². The molecule has 3 aromatic rings. The fourth-order valence-corrected chi connectivity index (χ4v) is 5.94. The number of ether oxygens (including phenoxy) is 2. The zero-order chi connectivity index (χ0) is 31.5. The van der Waals surface area contributed by atoms with E-state index in [0.29, 0.717) is 12.8 Å². The van der Waals surface area contributed by atoms with Crippen molar-refractivity contribution in [3.05, 3.63) is 82.9 Å². The van der Waals surface area contributed by atoms with Crippen molar-refractivity contribution in [3.63, 3.8) is 0 Å². The van der Waals surface area contributed by atoms with Gasteiger partial charge in [-0.2, -0.15) is 0 Å². The minimum absolute atomic E-state index is 0.0152. The second-order valence-electron chi connectivity index (χ2n) is 9.86. The van der Waals surface area contributed by atoms with Gasteiger partial charge in [-0.25, -0.2) is 22.0 Å². The van der Waals surface area contributed by atoms with Gasteiger partial charge >= 0.3 is 6.09 Å². The van der Waals surface area contributed by atoms with Crippen LogP contribution in [0, 0.1) is 11.6 Å². The summed E-state index contributed by atoms with van der Waals surface area (Å²) in [4.78, 5) is 39.3. The van der Waals surface area contributed by atoms with Crippen molar-refractivity contribution in [2.24, 2.45) is 5.73 Å². The van der Waals surface area contributed by atoms with E-state index in [1.165, 1.54) is 55.5 Å². The Morgan fingerprint density at radius 3 is 2.40 bits per heavy atom. The number of nitrogens with one attached hydrogen (secondary N) is 2. The molecule has 1 aliphatic rings. The van der Waals surface area contributed by atoms with E-state index in [1.807, 2.05) is 0 Å². The summed E-state index contributed by atoms with van der Waals surface area (Å²) in [6, 6.07) is 9.20. The molecular formula is C29H30F2N4O7S. The Morgan fingerprint density at radius 1 is 1.02 bits per heavy atom. The lowest BCUT2D eigenvalue weighted by Gasteiger charge is -2.31. The van der Waals surface area contributed by atoms with Crippen LogP contribution in [0.4, 0.5) is 25.0 Å². The number of benzene rings is 3. The van der Waals surface area contributed by atoms with Crippen LogP contribution in [0.25, 0.3) is 0 Å². The summed E-state index contributed by atoms with van der Waals surface area (Å²) in [5.41, 5.74) is 5.86. The first kappa shape index (κ1) is 31.2. The van der Waals surface area contributed by atoms with Gasteiger partial charge in [0, 0.05) is 24.1 Å². The van der Waals surface area contributed by atoms with Crippen LogP contribution < -0.4 is 21.1 Å². The lowest BCUT2D eigenvalue weighted by atomic mass is 10.0. The van der Waals surface area contributed by atoms with Crippen molar-refractivity contribution >= 4 is 39.1 Å². The number of carbonyl (C=O) groups is 3. The summed E-state index contributed by atoms with van der Waals surface area (Å²) in [5.74, 6) is -3.04. The number of amides is 3. The highest BCUT2D eigenvalue weighted by Crippen LogP contribution is 2.39. The molecule has 43 heavy (non-hydrogen) atoms. The van der Waals surface area contributed by atoms with E-state index < -0.39 is 51.5 Å². The normalized spacial score (nSPS) is 15.5. The Kier molecular flexibility index (Phi) is 9.19. The Balaban J connectivity index is 1.81. The second kappa shape index (κ2) is 12.7. The molecule has 1 fully saturated rings. The Hall–Kier alpha value is -4.72. The number of nitrogens with zero attached hydrogens (tertiary/aromatic N) is 1. The van der Waals surface area contributed by atoms with Crippen LogP contribution in [0.15, 0.2) is 59.5 Å². The summed E-state index contributed by atoms with van der Waals surface area (Å²) >= 11 is 0. The summed E-state index contributed by atoms with van der Waals surface area (Å²) in [7, 11) is -1.34. The van der Waals surface area contributed by atoms with E-state index in [2.05, 4.69) is 15.4 Å². The maximum atomic E-state index is 14.9. The zero-order valence-electron chi connectivity index (χ0n) is 23.5. The fourth-order valence-electron chi connectivity index (χ4n) is 5.00. The van der Waals surface area contributed by atoms with E-state index in [0.717, 1.165) is 24.5 Å². The number of rotatable bonds is 9. The molecular weight excluding hydrogens is 586 g/mol. The predicted molar refractivity (Wildman–Crippen MR) is 154 cm³/mol. The number of sulfone groups is 1. The summed E-state index contributed by atoms with van der Waals surface area (Å²) < 4.78 is 64.5. The third-order valence-corrected chi connectivity index (χ3v) is 8.21. The number of halogens is 2. The number of carbonyl (C=O) groups excluding carboxylic acids is 3. The van der Waals surface area contributed by atoms with Gasteiger partial charge in [0.15, 0.2) is 21.4 Å². The lowest BCUT2D eigenvalue weighted by molar-refractivity contribution is -0.133. The number of hydrogen-bond donors (Lipinski definition) is 3. The minimum Gasteiger partial charge on any atom is -0.494 e. The Labute approximate surface area is 246 Å². The first-order valence-electron chi connectivity index (χ1n) is 13.0. The number of nitrogens with two attached hydrogens (primary N) is 1. The van der Waals surface area contributed by atoms with Crippen LogP contribution in [-0.2, 0) is 19.4 Å². The molecule has 0 bridgehead atoms. The van der Waals surface area contributed by atoms with Crippen LogP contribution in [0.1, 0.15) is 46.4 Å². The van der Waals surface area contributed by atoms with Gasteiger partial charge < -0.3 is 25.4 Å². The van der Waals surface area contributed by atoms with Crippen molar-refractivity contribution in [3.8, 4) is 5.75 Å². The quantitative estimate of drug-likeness (QED) is 0.323. The van der Waals surface area contributed by atoms with Gasteiger partial charge in [-0.15, -0.1) is 0 Å². The molecule has 0 unspecified atom stereocenters. The van der Waals surface area contributed by atoms with Crippen LogP contribution in [0.5, 0.6) is 5.75 Å². The maximum Gasteiger partial charge on any atom is 0.411 e. The van der Waals surface area contributed by atoms with Gasteiger partial charge in [0.1, 0.15) is 11.9 Å². The molecule has 1 heterocycles. The van der Waals surface area contributed by atoms with E-state index in [1.54, 1.807) is 0 Å². The van der Waals surface area contributed by atoms with Crippen LogP contribution in [0.2, 0.25) is 0 Å². The van der Waals surface area contributed by atoms with E-state index in [9.17, 15) is 31.6 Å². The molecule has 2 atom stereocenters. The predicted octanol–water partition coefficient (Wildman–Crippen LogP) is 4.17. The second-order valence-corrected chi connectivity index (χ2v) is 11.8. The number of likely N-dealkylation sites (tertiary alicyclic amines) is 1. The largest absolute Gasteiger partial charge is 0.494 e. The maximum absolute atomic E-state index is 14.9. The minimum atomic E-state index is -3.77. The molecule has 228 valence electrons. The lowest BCUT2D eigenvalue weighted by Crippen LogP contribution is -2.38. The highest BCUT2D eigenvalue weighted by atomic mass is 32.2. The number of methoxy groups -OCH3 is 2. The van der Waals surface area contributed by atoms with Gasteiger partial charge in [-0.05, 0) is 72.5 Å². The van der Waals surface area contributed by atoms with Crippen molar-refractivity contribution in [2.45, 2.75) is 29.8 Å².